The van der Waals surface area contributed by atoms with Crippen LogP contribution in [0.2, 0.25) is 0 Å². The van der Waals surface area contributed by atoms with Gasteiger partial charge in [-0.05, 0) is 17.5 Å². The zero-order chi connectivity index (χ0) is 8.23. The first-order valence-corrected chi connectivity index (χ1v) is 4.46. The number of nitrogens with zero attached hydrogens (tertiary/aromatic N) is 2. The molecule has 2 rings (SSSR count). The molecule has 0 saturated carbocycles. The second-order valence-corrected chi connectivity index (χ2v) is 2.99. The van der Waals surface area contributed by atoms with Crippen LogP contribution in [-0.2, 0) is 0 Å². The molecule has 0 saturated heterocycles. The smallest absolute Gasteiger partial charge is 0.227 e. The van der Waals surface area contributed by atoms with Gasteiger partial charge in [0.2, 0.25) is 5.95 Å². The van der Waals surface area contributed by atoms with Crippen molar-refractivity contribution in [2.75, 3.05) is 5.32 Å². The number of aromatic nitrogens is 2. The fourth-order valence-corrected chi connectivity index (χ4v) is 1.42. The summed E-state index contributed by atoms with van der Waals surface area (Å²) in [5, 5.41) is 7.09. The molecule has 0 bridgehead atoms. The van der Waals surface area contributed by atoms with Gasteiger partial charge >= 0.3 is 0 Å². The number of hydrogen-bond acceptors (Lipinski definition) is 4. The van der Waals surface area contributed by atoms with Crippen molar-refractivity contribution in [3.63, 3.8) is 0 Å². The summed E-state index contributed by atoms with van der Waals surface area (Å²) in [5.74, 6) is 0.635. The van der Waals surface area contributed by atoms with Crippen LogP contribution < -0.4 is 5.32 Å². The molecule has 1 N–H and O–H groups in total. The molecule has 0 atom stereocenters. The lowest BCUT2D eigenvalue weighted by molar-refractivity contribution is 1.17. The van der Waals surface area contributed by atoms with Gasteiger partial charge in [-0.1, -0.05) is 0 Å². The SMILES string of the molecule is c1cnc(Nc2ccsc2)nc1. The summed E-state index contributed by atoms with van der Waals surface area (Å²) in [7, 11) is 0. The maximum Gasteiger partial charge on any atom is 0.227 e. The molecule has 0 aliphatic heterocycles. The van der Waals surface area contributed by atoms with Crippen molar-refractivity contribution in [1.82, 2.24) is 9.97 Å². The molecule has 4 heteroatoms. The molecule has 12 heavy (non-hydrogen) atoms. The van der Waals surface area contributed by atoms with Crippen LogP contribution in [-0.4, -0.2) is 9.97 Å². The normalized spacial score (nSPS) is 9.67. The molecule has 2 heterocycles. The highest BCUT2D eigenvalue weighted by molar-refractivity contribution is 7.08. The minimum absolute atomic E-state index is 0.635. The van der Waals surface area contributed by atoms with Crippen LogP contribution in [0.15, 0.2) is 35.3 Å². The van der Waals surface area contributed by atoms with Gasteiger partial charge in [0.1, 0.15) is 0 Å². The summed E-state index contributed by atoms with van der Waals surface area (Å²) in [6.07, 6.45) is 3.42. The maximum atomic E-state index is 4.04. The van der Waals surface area contributed by atoms with Crippen LogP contribution >= 0.6 is 11.3 Å². The monoisotopic (exact) mass is 177 g/mol. The lowest BCUT2D eigenvalue weighted by Gasteiger charge is -1.98. The molecule has 0 fully saturated rings. The van der Waals surface area contributed by atoms with Crippen LogP contribution in [0.25, 0.3) is 0 Å². The van der Waals surface area contributed by atoms with E-state index in [-0.39, 0.29) is 0 Å². The summed E-state index contributed by atoms with van der Waals surface area (Å²) >= 11 is 1.64. The fourth-order valence-electron chi connectivity index (χ4n) is 0.828. The van der Waals surface area contributed by atoms with E-state index in [0.29, 0.717) is 5.95 Å². The second-order valence-electron chi connectivity index (χ2n) is 2.21. The van der Waals surface area contributed by atoms with Crippen molar-refractivity contribution < 1.29 is 0 Å². The second kappa shape index (κ2) is 3.32. The molecule has 60 valence electrons. The lowest BCUT2D eigenvalue weighted by Crippen LogP contribution is -1.93. The van der Waals surface area contributed by atoms with Crippen LogP contribution in [0.1, 0.15) is 0 Å². The van der Waals surface area contributed by atoms with Crippen molar-refractivity contribution in [2.45, 2.75) is 0 Å². The molecule has 0 aliphatic carbocycles. The van der Waals surface area contributed by atoms with E-state index in [4.69, 9.17) is 0 Å². The predicted octanol–water partition coefficient (Wildman–Crippen LogP) is 2.28. The van der Waals surface area contributed by atoms with Crippen molar-refractivity contribution >= 4 is 23.0 Å². The summed E-state index contributed by atoms with van der Waals surface area (Å²) in [6.45, 7) is 0. The molecule has 0 radical (unpaired) electrons. The number of anilines is 2. The Kier molecular flexibility index (Phi) is 2.00. The number of thiophene rings is 1. The van der Waals surface area contributed by atoms with Crippen molar-refractivity contribution in [2.24, 2.45) is 0 Å². The quantitative estimate of drug-likeness (QED) is 0.764. The van der Waals surface area contributed by atoms with Gasteiger partial charge in [0, 0.05) is 17.8 Å². The third-order valence-corrected chi connectivity index (χ3v) is 2.03. The molecule has 2 aromatic heterocycles. The van der Waals surface area contributed by atoms with Gasteiger partial charge in [0.15, 0.2) is 0 Å². The first-order valence-electron chi connectivity index (χ1n) is 3.51. The number of hydrogen-bond donors (Lipinski definition) is 1. The standard InChI is InChI=1S/C8H7N3S/c1-3-9-8(10-4-1)11-7-2-5-12-6-7/h1-6H,(H,9,10,11). The molecular weight excluding hydrogens is 170 g/mol. The predicted molar refractivity (Wildman–Crippen MR) is 49.6 cm³/mol. The van der Waals surface area contributed by atoms with E-state index >= 15 is 0 Å². The summed E-state index contributed by atoms with van der Waals surface area (Å²) in [5.41, 5.74) is 1.03. The van der Waals surface area contributed by atoms with Gasteiger partial charge in [-0.2, -0.15) is 11.3 Å². The van der Waals surface area contributed by atoms with Crippen LogP contribution in [0.5, 0.6) is 0 Å². The number of nitrogens with one attached hydrogen (secondary N) is 1. The molecule has 2 aromatic rings. The Morgan fingerprint density at radius 1 is 1.25 bits per heavy atom. The van der Waals surface area contributed by atoms with Crippen molar-refractivity contribution in [3.05, 3.63) is 35.3 Å². The summed E-state index contributed by atoms with van der Waals surface area (Å²) < 4.78 is 0. The van der Waals surface area contributed by atoms with Crippen LogP contribution in [0, 0.1) is 0 Å². The van der Waals surface area contributed by atoms with E-state index in [1.807, 2.05) is 16.8 Å². The summed E-state index contributed by atoms with van der Waals surface area (Å²) in [6, 6.07) is 3.78. The first kappa shape index (κ1) is 7.24. The Morgan fingerprint density at radius 2 is 2.08 bits per heavy atom. The van der Waals surface area contributed by atoms with Gasteiger partial charge in [0.25, 0.3) is 0 Å². The first-order chi connectivity index (χ1) is 5.95. The third kappa shape index (κ3) is 1.60. The minimum Gasteiger partial charge on any atom is -0.323 e. The van der Waals surface area contributed by atoms with E-state index in [1.165, 1.54) is 0 Å². The van der Waals surface area contributed by atoms with Crippen molar-refractivity contribution in [3.8, 4) is 0 Å². The topological polar surface area (TPSA) is 37.8 Å². The zero-order valence-electron chi connectivity index (χ0n) is 6.27. The molecule has 0 unspecified atom stereocenters. The molecule has 0 aromatic carbocycles. The third-order valence-electron chi connectivity index (χ3n) is 1.34. The molecule has 0 aliphatic rings. The molecular formula is C8H7N3S. The van der Waals surface area contributed by atoms with Gasteiger partial charge in [-0.25, -0.2) is 9.97 Å². The Labute approximate surface area is 74.1 Å². The van der Waals surface area contributed by atoms with Crippen molar-refractivity contribution in [1.29, 1.82) is 0 Å². The largest absolute Gasteiger partial charge is 0.323 e. The average molecular weight is 177 g/mol. The van der Waals surface area contributed by atoms with E-state index in [2.05, 4.69) is 15.3 Å². The number of rotatable bonds is 2. The van der Waals surface area contributed by atoms with Crippen LogP contribution in [0.4, 0.5) is 11.6 Å². The molecule has 3 nitrogen and oxygen atoms in total. The van der Waals surface area contributed by atoms with Gasteiger partial charge < -0.3 is 5.32 Å². The Morgan fingerprint density at radius 3 is 2.75 bits per heavy atom. The average Bonchev–Trinajstić information content (AvgIpc) is 2.59. The molecule has 0 amide bonds. The van der Waals surface area contributed by atoms with E-state index in [9.17, 15) is 0 Å². The highest BCUT2D eigenvalue weighted by Crippen LogP contribution is 2.14. The van der Waals surface area contributed by atoms with Gasteiger partial charge in [0.05, 0.1) is 5.69 Å². The summed E-state index contributed by atoms with van der Waals surface area (Å²) in [4.78, 5) is 8.07. The minimum atomic E-state index is 0.635. The fraction of sp³-hybridized carbons (Fsp3) is 0. The van der Waals surface area contributed by atoms with Crippen LogP contribution in [0.3, 0.4) is 0 Å². The molecule has 0 spiro atoms. The van der Waals surface area contributed by atoms with E-state index in [0.717, 1.165) is 5.69 Å². The zero-order valence-corrected chi connectivity index (χ0v) is 7.08. The lowest BCUT2D eigenvalue weighted by atomic mass is 10.5. The maximum absolute atomic E-state index is 4.04. The van der Waals surface area contributed by atoms with Gasteiger partial charge in [-0.3, -0.25) is 0 Å². The Hall–Kier alpha value is -1.42. The van der Waals surface area contributed by atoms with E-state index < -0.39 is 0 Å². The highest BCUT2D eigenvalue weighted by atomic mass is 32.1. The Balaban J connectivity index is 2.15. The van der Waals surface area contributed by atoms with E-state index in [1.54, 1.807) is 29.8 Å². The highest BCUT2D eigenvalue weighted by Gasteiger charge is 1.94. The van der Waals surface area contributed by atoms with Gasteiger partial charge in [-0.15, -0.1) is 0 Å². The Bertz CT molecular complexity index is 330.